The molecule has 3 N–H and O–H groups in total. The fraction of sp³-hybridized carbons (Fsp3) is 0.667. The number of aromatic nitrogens is 2. The van der Waals surface area contributed by atoms with Crippen molar-refractivity contribution in [1.29, 1.82) is 0 Å². The summed E-state index contributed by atoms with van der Waals surface area (Å²) in [4.78, 5) is 20.8. The lowest BCUT2D eigenvalue weighted by Gasteiger charge is -2.27. The van der Waals surface area contributed by atoms with Crippen LogP contribution >= 0.6 is 12.4 Å². The number of halogens is 1. The Bertz CT molecular complexity index is 473. The quantitative estimate of drug-likeness (QED) is 0.845. The van der Waals surface area contributed by atoms with Crippen LogP contribution in [-0.2, 0) is 0 Å². The van der Waals surface area contributed by atoms with Gasteiger partial charge in [-0.2, -0.15) is 0 Å². The summed E-state index contributed by atoms with van der Waals surface area (Å²) in [5.74, 6) is 0.711. The van der Waals surface area contributed by atoms with Crippen molar-refractivity contribution in [3.05, 3.63) is 23.3 Å². The van der Waals surface area contributed by atoms with E-state index in [0.717, 1.165) is 18.5 Å². The third-order valence-corrected chi connectivity index (χ3v) is 3.74. The number of rotatable bonds is 6. The summed E-state index contributed by atoms with van der Waals surface area (Å²) >= 11 is 0. The molecule has 1 aromatic rings. The van der Waals surface area contributed by atoms with Crippen LogP contribution in [0.2, 0.25) is 0 Å². The highest BCUT2D eigenvalue weighted by Crippen LogP contribution is 2.17. The Kier molecular flexibility index (Phi) is 7.82. The number of nitrogens with zero attached hydrogens (tertiary/aromatic N) is 2. The molecule has 0 fully saturated rings. The van der Waals surface area contributed by atoms with Gasteiger partial charge < -0.3 is 11.1 Å². The van der Waals surface area contributed by atoms with E-state index in [9.17, 15) is 4.79 Å². The summed E-state index contributed by atoms with van der Waals surface area (Å²) in [6.45, 7) is 10.4. The van der Waals surface area contributed by atoms with E-state index < -0.39 is 0 Å². The maximum Gasteiger partial charge on any atom is 0.254 e. The lowest BCUT2D eigenvalue weighted by molar-refractivity contribution is 0.0940. The van der Waals surface area contributed by atoms with Gasteiger partial charge in [0.25, 0.3) is 5.91 Å². The first-order chi connectivity index (χ1) is 9.33. The van der Waals surface area contributed by atoms with Gasteiger partial charge in [0.2, 0.25) is 0 Å². The summed E-state index contributed by atoms with van der Waals surface area (Å²) in [5.41, 5.74) is 7.18. The number of carbonyl (C=O) groups excluding carboxylic acids is 1. The van der Waals surface area contributed by atoms with E-state index in [1.807, 2.05) is 34.6 Å². The first-order valence-corrected chi connectivity index (χ1v) is 7.23. The van der Waals surface area contributed by atoms with Crippen LogP contribution in [0.1, 0.15) is 68.3 Å². The SMILES string of the molecule is CCC(N)(CC)CNC(=O)c1cnc(C)nc1C(C)C.Cl. The number of nitrogens with one attached hydrogen (secondary N) is 1. The van der Waals surface area contributed by atoms with Crippen molar-refractivity contribution in [2.75, 3.05) is 6.54 Å². The maximum absolute atomic E-state index is 12.3. The predicted molar refractivity (Wildman–Crippen MR) is 87.9 cm³/mol. The van der Waals surface area contributed by atoms with Crippen molar-refractivity contribution in [3.8, 4) is 0 Å². The van der Waals surface area contributed by atoms with Crippen molar-refractivity contribution >= 4 is 18.3 Å². The van der Waals surface area contributed by atoms with Gasteiger partial charge in [0.05, 0.1) is 11.3 Å². The number of carbonyl (C=O) groups is 1. The molecule has 120 valence electrons. The molecule has 1 amide bonds. The summed E-state index contributed by atoms with van der Waals surface area (Å²) in [6, 6.07) is 0. The summed E-state index contributed by atoms with van der Waals surface area (Å²) < 4.78 is 0. The molecule has 0 aliphatic carbocycles. The lowest BCUT2D eigenvalue weighted by atomic mass is 9.94. The zero-order valence-corrected chi connectivity index (χ0v) is 14.4. The molecule has 1 heterocycles. The topological polar surface area (TPSA) is 80.9 Å². The Balaban J connectivity index is 0.00000400. The van der Waals surface area contributed by atoms with E-state index in [2.05, 4.69) is 15.3 Å². The standard InChI is InChI=1S/C15H26N4O.ClH/c1-6-15(16,7-2)9-18-14(20)12-8-17-11(5)19-13(12)10(3)4;/h8,10H,6-7,9,16H2,1-5H3,(H,18,20);1H. The molecule has 1 aromatic heterocycles. The zero-order chi connectivity index (χ0) is 15.3. The van der Waals surface area contributed by atoms with Crippen molar-refractivity contribution in [1.82, 2.24) is 15.3 Å². The molecule has 21 heavy (non-hydrogen) atoms. The van der Waals surface area contributed by atoms with Gasteiger partial charge in [0.1, 0.15) is 5.82 Å². The minimum atomic E-state index is -0.348. The van der Waals surface area contributed by atoms with Crippen molar-refractivity contribution < 1.29 is 4.79 Å². The van der Waals surface area contributed by atoms with Gasteiger partial charge in [0, 0.05) is 18.3 Å². The largest absolute Gasteiger partial charge is 0.350 e. The molecule has 0 unspecified atom stereocenters. The molecule has 0 aliphatic heterocycles. The second-order valence-corrected chi connectivity index (χ2v) is 5.62. The lowest BCUT2D eigenvalue weighted by Crippen LogP contribution is -2.49. The average Bonchev–Trinajstić information content (AvgIpc) is 2.44. The van der Waals surface area contributed by atoms with Crippen LogP contribution in [0.5, 0.6) is 0 Å². The molecule has 0 saturated carbocycles. The van der Waals surface area contributed by atoms with Crippen LogP contribution in [0.15, 0.2) is 6.20 Å². The van der Waals surface area contributed by atoms with Gasteiger partial charge in [-0.3, -0.25) is 4.79 Å². The second kappa shape index (κ2) is 8.29. The molecule has 0 saturated heterocycles. The Morgan fingerprint density at radius 3 is 2.43 bits per heavy atom. The minimum Gasteiger partial charge on any atom is -0.350 e. The van der Waals surface area contributed by atoms with Gasteiger partial charge >= 0.3 is 0 Å². The Morgan fingerprint density at radius 1 is 1.38 bits per heavy atom. The van der Waals surface area contributed by atoms with Crippen LogP contribution in [-0.4, -0.2) is 28.0 Å². The van der Waals surface area contributed by atoms with Crippen LogP contribution in [0.3, 0.4) is 0 Å². The van der Waals surface area contributed by atoms with E-state index in [1.54, 1.807) is 6.20 Å². The molecule has 6 heteroatoms. The number of nitrogens with two attached hydrogens (primary N) is 1. The molecule has 0 aromatic carbocycles. The molecular formula is C15H27ClN4O. The van der Waals surface area contributed by atoms with Crippen molar-refractivity contribution in [3.63, 3.8) is 0 Å². The molecule has 0 bridgehead atoms. The molecule has 5 nitrogen and oxygen atoms in total. The molecule has 0 spiro atoms. The summed E-state index contributed by atoms with van der Waals surface area (Å²) in [6.07, 6.45) is 3.25. The summed E-state index contributed by atoms with van der Waals surface area (Å²) in [5, 5.41) is 2.91. The van der Waals surface area contributed by atoms with Gasteiger partial charge in [-0.05, 0) is 25.7 Å². The van der Waals surface area contributed by atoms with Crippen LogP contribution < -0.4 is 11.1 Å². The second-order valence-electron chi connectivity index (χ2n) is 5.62. The monoisotopic (exact) mass is 314 g/mol. The minimum absolute atomic E-state index is 0. The highest BCUT2D eigenvalue weighted by molar-refractivity contribution is 5.95. The van der Waals surface area contributed by atoms with E-state index in [0.29, 0.717) is 17.9 Å². The van der Waals surface area contributed by atoms with Crippen molar-refractivity contribution in [2.24, 2.45) is 5.73 Å². The first kappa shape index (κ1) is 19.8. The normalized spacial score (nSPS) is 11.2. The van der Waals surface area contributed by atoms with Crippen molar-refractivity contribution in [2.45, 2.75) is 58.9 Å². The highest BCUT2D eigenvalue weighted by Gasteiger charge is 2.23. The van der Waals surface area contributed by atoms with E-state index in [4.69, 9.17) is 5.73 Å². The first-order valence-electron chi connectivity index (χ1n) is 7.23. The Labute approximate surface area is 133 Å². The van der Waals surface area contributed by atoms with Crippen LogP contribution in [0.25, 0.3) is 0 Å². The zero-order valence-electron chi connectivity index (χ0n) is 13.6. The van der Waals surface area contributed by atoms with E-state index in [-0.39, 0.29) is 29.8 Å². The van der Waals surface area contributed by atoms with Crippen LogP contribution in [0.4, 0.5) is 0 Å². The fourth-order valence-corrected chi connectivity index (χ4v) is 1.95. The van der Waals surface area contributed by atoms with Gasteiger partial charge in [0.15, 0.2) is 0 Å². The number of hydrogen-bond acceptors (Lipinski definition) is 4. The van der Waals surface area contributed by atoms with Gasteiger partial charge in [-0.25, -0.2) is 9.97 Å². The third-order valence-electron chi connectivity index (χ3n) is 3.74. The maximum atomic E-state index is 12.3. The Hall–Kier alpha value is -1.20. The molecular weight excluding hydrogens is 288 g/mol. The fourth-order valence-electron chi connectivity index (χ4n) is 1.95. The molecule has 0 atom stereocenters. The molecule has 1 rings (SSSR count). The Morgan fingerprint density at radius 2 is 1.95 bits per heavy atom. The van der Waals surface area contributed by atoms with Gasteiger partial charge in [-0.1, -0.05) is 27.7 Å². The number of amides is 1. The summed E-state index contributed by atoms with van der Waals surface area (Å²) in [7, 11) is 0. The average molecular weight is 315 g/mol. The van der Waals surface area contributed by atoms with E-state index in [1.165, 1.54) is 0 Å². The molecule has 0 aliphatic rings. The van der Waals surface area contributed by atoms with E-state index >= 15 is 0 Å². The molecule has 0 radical (unpaired) electrons. The highest BCUT2D eigenvalue weighted by atomic mass is 35.5. The third kappa shape index (κ3) is 5.25. The van der Waals surface area contributed by atoms with Gasteiger partial charge in [-0.15, -0.1) is 12.4 Å². The van der Waals surface area contributed by atoms with Crippen LogP contribution in [0, 0.1) is 6.92 Å². The number of hydrogen-bond donors (Lipinski definition) is 2. The predicted octanol–water partition coefficient (Wildman–Crippen LogP) is 2.58. The number of aryl methyl sites for hydroxylation is 1. The smallest absolute Gasteiger partial charge is 0.254 e.